The first kappa shape index (κ1) is 14.3. The average Bonchev–Trinajstić information content (AvgIpc) is 2.97. The van der Waals surface area contributed by atoms with E-state index in [-0.39, 0.29) is 18.0 Å². The fraction of sp³-hybridized carbons (Fsp3) is 0.857. The van der Waals surface area contributed by atoms with Crippen LogP contribution in [-0.4, -0.2) is 47.7 Å². The molecule has 0 aliphatic carbocycles. The highest BCUT2D eigenvalue weighted by Gasteiger charge is 2.40. The van der Waals surface area contributed by atoms with Gasteiger partial charge in [-0.05, 0) is 46.5 Å². The third-order valence-electron chi connectivity index (χ3n) is 3.42. The molecule has 0 aromatic carbocycles. The maximum atomic E-state index is 12.3. The van der Waals surface area contributed by atoms with Crippen LogP contribution in [-0.2, 0) is 19.1 Å². The van der Waals surface area contributed by atoms with Crippen LogP contribution in [0.4, 0.5) is 0 Å². The maximum Gasteiger partial charge on any atom is 0.329 e. The first-order valence-corrected chi connectivity index (χ1v) is 7.03. The molecule has 0 aromatic rings. The first-order valence-electron chi connectivity index (χ1n) is 7.03. The van der Waals surface area contributed by atoms with E-state index < -0.39 is 11.6 Å². The second-order valence-corrected chi connectivity index (χ2v) is 6.22. The summed E-state index contributed by atoms with van der Waals surface area (Å²) in [6, 6.07) is -0.434. The average molecular weight is 269 g/mol. The third-order valence-corrected chi connectivity index (χ3v) is 3.42. The number of nitrogens with zero attached hydrogens (tertiary/aromatic N) is 1. The van der Waals surface area contributed by atoms with Crippen molar-refractivity contribution in [2.45, 2.75) is 64.2 Å². The number of carbonyl (C=O) groups excluding carboxylic acids is 2. The van der Waals surface area contributed by atoms with Crippen LogP contribution < -0.4 is 0 Å². The molecule has 2 atom stereocenters. The zero-order valence-corrected chi connectivity index (χ0v) is 12.0. The molecule has 2 heterocycles. The van der Waals surface area contributed by atoms with Crippen molar-refractivity contribution in [1.29, 1.82) is 0 Å². The zero-order valence-electron chi connectivity index (χ0n) is 12.0. The van der Waals surface area contributed by atoms with E-state index in [1.165, 1.54) is 0 Å². The van der Waals surface area contributed by atoms with Gasteiger partial charge in [-0.2, -0.15) is 0 Å². The number of likely N-dealkylation sites (tertiary alicyclic amines) is 1. The van der Waals surface area contributed by atoms with E-state index in [2.05, 4.69) is 0 Å². The van der Waals surface area contributed by atoms with Crippen LogP contribution in [0.15, 0.2) is 0 Å². The Labute approximate surface area is 114 Å². The molecule has 5 nitrogen and oxygen atoms in total. The van der Waals surface area contributed by atoms with Crippen molar-refractivity contribution >= 4 is 11.9 Å². The Balaban J connectivity index is 2.00. The minimum Gasteiger partial charge on any atom is -0.458 e. The molecule has 0 unspecified atom stereocenters. The van der Waals surface area contributed by atoms with Gasteiger partial charge in [-0.25, -0.2) is 4.79 Å². The third kappa shape index (κ3) is 3.47. The number of amides is 1. The normalized spacial score (nSPS) is 27.6. The van der Waals surface area contributed by atoms with E-state index in [1.807, 2.05) is 20.8 Å². The molecule has 0 N–H and O–H groups in total. The van der Waals surface area contributed by atoms with E-state index >= 15 is 0 Å². The number of hydrogen-bond donors (Lipinski definition) is 0. The summed E-state index contributed by atoms with van der Waals surface area (Å²) >= 11 is 0. The largest absolute Gasteiger partial charge is 0.458 e. The second-order valence-electron chi connectivity index (χ2n) is 6.22. The van der Waals surface area contributed by atoms with Gasteiger partial charge < -0.3 is 14.4 Å². The molecule has 1 amide bonds. The lowest BCUT2D eigenvalue weighted by Crippen LogP contribution is -2.47. The van der Waals surface area contributed by atoms with Crippen molar-refractivity contribution in [2.75, 3.05) is 13.2 Å². The minimum absolute atomic E-state index is 0.0501. The Morgan fingerprint density at radius 1 is 1.21 bits per heavy atom. The molecule has 0 saturated carbocycles. The van der Waals surface area contributed by atoms with Crippen molar-refractivity contribution in [3.63, 3.8) is 0 Å². The second kappa shape index (κ2) is 5.49. The maximum absolute atomic E-state index is 12.3. The molecule has 2 fully saturated rings. The fourth-order valence-electron chi connectivity index (χ4n) is 2.60. The molecule has 108 valence electrons. The van der Waals surface area contributed by atoms with E-state index in [0.29, 0.717) is 19.6 Å². The molecule has 2 aliphatic rings. The van der Waals surface area contributed by atoms with Crippen molar-refractivity contribution in [3.05, 3.63) is 0 Å². The topological polar surface area (TPSA) is 55.8 Å². The lowest BCUT2D eigenvalue weighted by molar-refractivity contribution is -0.165. The molecule has 0 aromatic heterocycles. The monoisotopic (exact) mass is 269 g/mol. The highest BCUT2D eigenvalue weighted by atomic mass is 16.6. The molecule has 2 saturated heterocycles. The van der Waals surface area contributed by atoms with Gasteiger partial charge >= 0.3 is 5.97 Å². The van der Waals surface area contributed by atoms with E-state index in [0.717, 1.165) is 19.3 Å². The molecular formula is C14H23NO4. The van der Waals surface area contributed by atoms with Crippen molar-refractivity contribution in [3.8, 4) is 0 Å². The molecule has 0 bridgehead atoms. The van der Waals surface area contributed by atoms with Gasteiger partial charge in [0.1, 0.15) is 17.7 Å². The molecule has 5 heteroatoms. The number of ether oxygens (including phenoxy) is 2. The van der Waals surface area contributed by atoms with Crippen molar-refractivity contribution < 1.29 is 19.1 Å². The van der Waals surface area contributed by atoms with Gasteiger partial charge in [-0.15, -0.1) is 0 Å². The summed E-state index contributed by atoms with van der Waals surface area (Å²) in [5.41, 5.74) is -0.516. The van der Waals surface area contributed by atoms with Crippen LogP contribution in [0, 0.1) is 0 Å². The summed E-state index contributed by atoms with van der Waals surface area (Å²) in [6.45, 7) is 6.79. The quantitative estimate of drug-likeness (QED) is 0.713. The van der Waals surface area contributed by atoms with Crippen molar-refractivity contribution in [2.24, 2.45) is 0 Å². The highest BCUT2D eigenvalue weighted by molar-refractivity contribution is 5.87. The molecule has 0 radical (unpaired) electrons. The molecule has 2 rings (SSSR count). The van der Waals surface area contributed by atoms with Gasteiger partial charge in [0.2, 0.25) is 0 Å². The Bertz CT molecular complexity index is 355. The molecular weight excluding hydrogens is 246 g/mol. The Hall–Kier alpha value is -1.10. The van der Waals surface area contributed by atoms with Crippen LogP contribution in [0.25, 0.3) is 0 Å². The van der Waals surface area contributed by atoms with Crippen LogP contribution in [0.1, 0.15) is 46.5 Å². The van der Waals surface area contributed by atoms with E-state index in [1.54, 1.807) is 4.90 Å². The summed E-state index contributed by atoms with van der Waals surface area (Å²) in [5.74, 6) is -0.345. The standard InChI is InChI=1S/C14H23NO4/c1-14(2,3)19-13(17)10-6-4-8-15(10)12(16)11-7-5-9-18-11/h10-11H,4-9H2,1-3H3/t10-,11-/m0/s1. The summed E-state index contributed by atoms with van der Waals surface area (Å²) in [7, 11) is 0. The smallest absolute Gasteiger partial charge is 0.329 e. The Morgan fingerprint density at radius 3 is 2.53 bits per heavy atom. The lowest BCUT2D eigenvalue weighted by atomic mass is 10.1. The van der Waals surface area contributed by atoms with Crippen LogP contribution in [0.5, 0.6) is 0 Å². The molecule has 19 heavy (non-hydrogen) atoms. The summed E-state index contributed by atoms with van der Waals surface area (Å²) in [5, 5.41) is 0. The van der Waals surface area contributed by atoms with Gasteiger partial charge in [-0.3, -0.25) is 4.79 Å². The van der Waals surface area contributed by atoms with Crippen LogP contribution >= 0.6 is 0 Å². The van der Waals surface area contributed by atoms with Gasteiger partial charge in [0, 0.05) is 13.2 Å². The van der Waals surface area contributed by atoms with Gasteiger partial charge in [0.25, 0.3) is 5.91 Å². The number of esters is 1. The first-order chi connectivity index (χ1) is 8.88. The fourth-order valence-corrected chi connectivity index (χ4v) is 2.60. The number of rotatable bonds is 2. The Kier molecular flexibility index (Phi) is 4.13. The SMILES string of the molecule is CC(C)(C)OC(=O)[C@@H]1CCCN1C(=O)[C@@H]1CCCO1. The van der Waals surface area contributed by atoms with E-state index in [9.17, 15) is 9.59 Å². The highest BCUT2D eigenvalue weighted by Crippen LogP contribution is 2.24. The number of hydrogen-bond acceptors (Lipinski definition) is 4. The summed E-state index contributed by atoms with van der Waals surface area (Å²) < 4.78 is 10.8. The van der Waals surface area contributed by atoms with Crippen LogP contribution in [0.2, 0.25) is 0 Å². The van der Waals surface area contributed by atoms with Gasteiger partial charge in [0.05, 0.1) is 0 Å². The molecule has 0 spiro atoms. The predicted molar refractivity (Wildman–Crippen MR) is 69.6 cm³/mol. The van der Waals surface area contributed by atoms with Gasteiger partial charge in [-0.1, -0.05) is 0 Å². The predicted octanol–water partition coefficient (Wildman–Crippen LogP) is 1.50. The zero-order chi connectivity index (χ0) is 14.0. The van der Waals surface area contributed by atoms with Gasteiger partial charge in [0.15, 0.2) is 0 Å². The number of carbonyl (C=O) groups is 2. The Morgan fingerprint density at radius 2 is 1.95 bits per heavy atom. The van der Waals surface area contributed by atoms with Crippen molar-refractivity contribution in [1.82, 2.24) is 4.90 Å². The summed E-state index contributed by atoms with van der Waals surface area (Å²) in [6.07, 6.45) is 2.86. The van der Waals surface area contributed by atoms with Crippen LogP contribution in [0.3, 0.4) is 0 Å². The minimum atomic E-state index is -0.516. The van der Waals surface area contributed by atoms with E-state index in [4.69, 9.17) is 9.47 Å². The lowest BCUT2D eigenvalue weighted by Gasteiger charge is -2.28. The molecule has 2 aliphatic heterocycles. The summed E-state index contributed by atoms with van der Waals surface area (Å²) in [4.78, 5) is 26.1.